The van der Waals surface area contributed by atoms with Gasteiger partial charge in [0.05, 0.1) is 53.4 Å². The maximum atomic E-state index is 7.02. The lowest BCUT2D eigenvalue weighted by Gasteiger charge is -2.46. The molecule has 1 fully saturated rings. The van der Waals surface area contributed by atoms with E-state index in [4.69, 9.17) is 33.2 Å². The van der Waals surface area contributed by atoms with Crippen molar-refractivity contribution in [1.82, 2.24) is 0 Å². The first-order chi connectivity index (χ1) is 24.7. The molecule has 260 valence electrons. The molecular weight excluding hydrogens is 628 g/mol. The van der Waals surface area contributed by atoms with Crippen LogP contribution in [0, 0.1) is 0 Å². The van der Waals surface area contributed by atoms with Crippen molar-refractivity contribution in [3.63, 3.8) is 0 Å². The molecule has 5 atom stereocenters. The summed E-state index contributed by atoms with van der Waals surface area (Å²) in [6.07, 6.45) is -1.79. The average Bonchev–Trinajstić information content (AvgIpc) is 3.17. The number of ether oxygens (including phenoxy) is 7. The van der Waals surface area contributed by atoms with Gasteiger partial charge in [0.1, 0.15) is 35.9 Å². The molecule has 0 aliphatic carbocycles. The lowest BCUT2D eigenvalue weighted by atomic mass is 9.90. The molecule has 1 aliphatic heterocycles. The highest BCUT2D eigenvalue weighted by Crippen LogP contribution is 2.34. The topological polar surface area (TPSA) is 64.6 Å². The van der Waals surface area contributed by atoms with Crippen LogP contribution in [0.1, 0.15) is 27.8 Å². The third-order valence-corrected chi connectivity index (χ3v) is 8.83. The highest BCUT2D eigenvalue weighted by Gasteiger charge is 2.48. The number of hydrogen-bond donors (Lipinski definition) is 0. The molecule has 0 amide bonds. The summed E-state index contributed by atoms with van der Waals surface area (Å²) < 4.78 is 45.1. The lowest BCUT2D eigenvalue weighted by molar-refractivity contribution is -0.272. The van der Waals surface area contributed by atoms with E-state index in [0.717, 1.165) is 27.8 Å². The highest BCUT2D eigenvalue weighted by molar-refractivity contribution is 5.39. The molecule has 0 N–H and O–H groups in total. The zero-order chi connectivity index (χ0) is 34.4. The Morgan fingerprint density at radius 1 is 0.440 bits per heavy atom. The molecule has 0 aromatic heterocycles. The molecule has 7 heteroatoms. The van der Waals surface area contributed by atoms with Gasteiger partial charge >= 0.3 is 0 Å². The van der Waals surface area contributed by atoms with Crippen molar-refractivity contribution in [1.29, 1.82) is 0 Å². The van der Waals surface area contributed by atoms with Gasteiger partial charge in [0, 0.05) is 12.5 Å². The van der Waals surface area contributed by atoms with Gasteiger partial charge in [-0.2, -0.15) is 0 Å². The van der Waals surface area contributed by atoms with Gasteiger partial charge in [0.15, 0.2) is 0 Å². The molecule has 0 unspecified atom stereocenters. The summed E-state index contributed by atoms with van der Waals surface area (Å²) in [7, 11) is 3.31. The van der Waals surface area contributed by atoms with Crippen LogP contribution >= 0.6 is 0 Å². The van der Waals surface area contributed by atoms with Gasteiger partial charge in [-0.25, -0.2) is 0 Å². The standard InChI is InChI=1S/C43H46O7/c1-44-37-23-36(24-38(26-37)45-2)25-39-41(47-28-33-17-9-4-10-18-33)43(49-30-35-21-13-6-14-22-35)42(48-29-34-19-11-5-12-20-34)40(50-39)31-46-27-32-15-7-3-8-16-32/h3-24,26,39-43H,25,27-31H2,1-2H3/t39-,40+,41-,42+,43+/m0/s1. The SMILES string of the molecule is COc1cc(C[C@@H]2O[C@H](COCc3ccccc3)[C@@H](OCc3ccccc3)[C@H](OCc3ccccc3)[C@H]2OCc2ccccc2)cc(OC)c1. The Bertz CT molecular complexity index is 1660. The summed E-state index contributed by atoms with van der Waals surface area (Å²) in [6, 6.07) is 46.6. The molecule has 6 rings (SSSR count). The number of hydrogen-bond acceptors (Lipinski definition) is 7. The molecule has 5 aromatic rings. The molecule has 7 nitrogen and oxygen atoms in total. The van der Waals surface area contributed by atoms with E-state index < -0.39 is 30.5 Å². The van der Waals surface area contributed by atoms with E-state index in [1.807, 2.05) is 91.0 Å². The number of rotatable bonds is 17. The molecule has 50 heavy (non-hydrogen) atoms. The Kier molecular flexibility index (Phi) is 13.1. The van der Waals surface area contributed by atoms with Crippen LogP contribution in [0.25, 0.3) is 0 Å². The summed E-state index contributed by atoms with van der Waals surface area (Å²) >= 11 is 0. The predicted octanol–water partition coefficient (Wildman–Crippen LogP) is 7.99. The smallest absolute Gasteiger partial charge is 0.122 e. The summed E-state index contributed by atoms with van der Waals surface area (Å²) in [5.74, 6) is 1.42. The second-order valence-corrected chi connectivity index (χ2v) is 12.4. The zero-order valence-corrected chi connectivity index (χ0v) is 28.8. The maximum Gasteiger partial charge on any atom is 0.122 e. The zero-order valence-electron chi connectivity index (χ0n) is 28.8. The molecule has 1 heterocycles. The first-order valence-electron chi connectivity index (χ1n) is 17.1. The van der Waals surface area contributed by atoms with Crippen LogP contribution in [-0.4, -0.2) is 51.3 Å². The van der Waals surface area contributed by atoms with Crippen LogP contribution in [0.5, 0.6) is 11.5 Å². The lowest BCUT2D eigenvalue weighted by Crippen LogP contribution is -2.61. The minimum Gasteiger partial charge on any atom is -0.497 e. The summed E-state index contributed by atoms with van der Waals surface area (Å²) in [4.78, 5) is 0. The fraction of sp³-hybridized carbons (Fsp3) is 0.302. The molecule has 5 aromatic carbocycles. The second kappa shape index (κ2) is 18.5. The maximum absolute atomic E-state index is 7.02. The van der Waals surface area contributed by atoms with Crippen molar-refractivity contribution in [2.24, 2.45) is 0 Å². The Morgan fingerprint density at radius 3 is 1.28 bits per heavy atom. The Balaban J connectivity index is 1.35. The molecule has 0 radical (unpaired) electrons. The molecule has 1 saturated heterocycles. The van der Waals surface area contributed by atoms with Gasteiger partial charge in [0.2, 0.25) is 0 Å². The normalized spacial score (nSPS) is 20.3. The van der Waals surface area contributed by atoms with Crippen LogP contribution in [-0.2, 0) is 56.5 Å². The predicted molar refractivity (Wildman–Crippen MR) is 193 cm³/mol. The molecule has 0 saturated carbocycles. The van der Waals surface area contributed by atoms with Crippen LogP contribution < -0.4 is 9.47 Å². The van der Waals surface area contributed by atoms with Gasteiger partial charge < -0.3 is 33.2 Å². The minimum absolute atomic E-state index is 0.308. The van der Waals surface area contributed by atoms with Crippen LogP contribution in [0.4, 0.5) is 0 Å². The fourth-order valence-electron chi connectivity index (χ4n) is 6.27. The highest BCUT2D eigenvalue weighted by atomic mass is 16.6. The summed E-state index contributed by atoms with van der Waals surface area (Å²) in [5, 5.41) is 0. The summed E-state index contributed by atoms with van der Waals surface area (Å²) in [6.45, 7) is 1.92. The second-order valence-electron chi connectivity index (χ2n) is 12.4. The molecule has 1 aliphatic rings. The van der Waals surface area contributed by atoms with E-state index in [1.165, 1.54) is 0 Å². The van der Waals surface area contributed by atoms with E-state index in [9.17, 15) is 0 Å². The first kappa shape index (κ1) is 35.3. The van der Waals surface area contributed by atoms with Gasteiger partial charge in [0.25, 0.3) is 0 Å². The first-order valence-corrected chi connectivity index (χ1v) is 17.1. The van der Waals surface area contributed by atoms with Crippen molar-refractivity contribution in [3.8, 4) is 11.5 Å². The number of methoxy groups -OCH3 is 2. The van der Waals surface area contributed by atoms with Crippen molar-refractivity contribution >= 4 is 0 Å². The van der Waals surface area contributed by atoms with E-state index in [0.29, 0.717) is 51.0 Å². The van der Waals surface area contributed by atoms with E-state index in [1.54, 1.807) is 14.2 Å². The quantitative estimate of drug-likeness (QED) is 0.0991. The third kappa shape index (κ3) is 10.0. The summed E-state index contributed by atoms with van der Waals surface area (Å²) in [5.41, 5.74) is 5.27. The minimum atomic E-state index is -0.494. The van der Waals surface area contributed by atoms with Crippen LogP contribution in [0.15, 0.2) is 140 Å². The van der Waals surface area contributed by atoms with Crippen molar-refractivity contribution in [2.75, 3.05) is 20.8 Å². The Hall–Kier alpha value is -4.50. The average molecular weight is 675 g/mol. The fourth-order valence-corrected chi connectivity index (χ4v) is 6.27. The van der Waals surface area contributed by atoms with Crippen molar-refractivity contribution in [3.05, 3.63) is 167 Å². The molecule has 0 spiro atoms. The van der Waals surface area contributed by atoms with Crippen molar-refractivity contribution < 1.29 is 33.2 Å². The van der Waals surface area contributed by atoms with Gasteiger partial charge in [-0.15, -0.1) is 0 Å². The Labute approximate surface area is 295 Å². The van der Waals surface area contributed by atoms with Gasteiger partial charge in [-0.05, 0) is 39.9 Å². The van der Waals surface area contributed by atoms with Crippen LogP contribution in [0.2, 0.25) is 0 Å². The van der Waals surface area contributed by atoms with Crippen molar-refractivity contribution in [2.45, 2.75) is 63.4 Å². The van der Waals surface area contributed by atoms with E-state index in [2.05, 4.69) is 48.5 Å². The van der Waals surface area contributed by atoms with E-state index >= 15 is 0 Å². The van der Waals surface area contributed by atoms with Gasteiger partial charge in [-0.3, -0.25) is 0 Å². The largest absolute Gasteiger partial charge is 0.497 e. The molecule has 0 bridgehead atoms. The van der Waals surface area contributed by atoms with Crippen LogP contribution in [0.3, 0.4) is 0 Å². The number of benzene rings is 5. The van der Waals surface area contributed by atoms with Gasteiger partial charge in [-0.1, -0.05) is 121 Å². The monoisotopic (exact) mass is 674 g/mol. The Morgan fingerprint density at radius 2 is 0.840 bits per heavy atom. The molecular formula is C43H46O7. The third-order valence-electron chi connectivity index (χ3n) is 8.83. The van der Waals surface area contributed by atoms with E-state index in [-0.39, 0.29) is 0 Å².